The highest BCUT2D eigenvalue weighted by Crippen LogP contribution is 2.27. The summed E-state index contributed by atoms with van der Waals surface area (Å²) >= 11 is 6.06. The van der Waals surface area contributed by atoms with Crippen molar-refractivity contribution in [1.29, 1.82) is 0 Å². The Hall–Kier alpha value is -3.43. The van der Waals surface area contributed by atoms with Crippen LogP contribution in [-0.2, 0) is 26.2 Å². The number of hydrogen-bond donors (Lipinski definition) is 1. The Morgan fingerprint density at radius 1 is 1.00 bits per heavy atom. The minimum Gasteiger partial charge on any atom is -0.352 e. The van der Waals surface area contributed by atoms with Crippen LogP contribution in [0.25, 0.3) is 0 Å². The van der Waals surface area contributed by atoms with Gasteiger partial charge < -0.3 is 10.2 Å². The molecule has 0 aliphatic heterocycles. The van der Waals surface area contributed by atoms with Crippen molar-refractivity contribution in [3.63, 3.8) is 0 Å². The topological polar surface area (TPSA) is 86.8 Å². The molecule has 1 saturated carbocycles. The number of aryl methyl sites for hydroxylation is 1. The Kier molecular flexibility index (Phi) is 10.0. The third kappa shape index (κ3) is 7.45. The number of nitrogens with one attached hydrogen (secondary N) is 1. The summed E-state index contributed by atoms with van der Waals surface area (Å²) in [6, 6.07) is 17.6. The zero-order valence-corrected chi connectivity index (χ0v) is 24.8. The van der Waals surface area contributed by atoms with E-state index in [0.29, 0.717) is 17.0 Å². The number of nitrogens with zero attached hydrogens (tertiary/aromatic N) is 2. The van der Waals surface area contributed by atoms with Crippen molar-refractivity contribution in [2.24, 2.45) is 0 Å². The predicted octanol–water partition coefficient (Wildman–Crippen LogP) is 5.85. The van der Waals surface area contributed by atoms with Gasteiger partial charge in [0.15, 0.2) is 0 Å². The normalized spacial score (nSPS) is 14.4. The Morgan fingerprint density at radius 3 is 2.24 bits per heavy atom. The molecular weight excluding hydrogens is 565 g/mol. The maximum absolute atomic E-state index is 15.1. The maximum atomic E-state index is 15.1. The van der Waals surface area contributed by atoms with Gasteiger partial charge in [-0.15, -0.1) is 0 Å². The lowest BCUT2D eigenvalue weighted by molar-refractivity contribution is -0.140. The average molecular weight is 600 g/mol. The van der Waals surface area contributed by atoms with E-state index in [1.54, 1.807) is 43.3 Å². The zero-order chi connectivity index (χ0) is 29.6. The smallest absolute Gasteiger partial charge is 0.264 e. The fourth-order valence-corrected chi connectivity index (χ4v) is 6.63. The minimum absolute atomic E-state index is 0.0425. The van der Waals surface area contributed by atoms with E-state index in [1.807, 2.05) is 6.92 Å². The van der Waals surface area contributed by atoms with E-state index < -0.39 is 34.3 Å². The Balaban J connectivity index is 1.72. The lowest BCUT2D eigenvalue weighted by Crippen LogP contribution is -2.53. The Morgan fingerprint density at radius 2 is 1.63 bits per heavy atom. The quantitative estimate of drug-likeness (QED) is 0.300. The molecule has 1 fully saturated rings. The van der Waals surface area contributed by atoms with Crippen molar-refractivity contribution in [2.75, 3.05) is 10.8 Å². The van der Waals surface area contributed by atoms with Crippen molar-refractivity contribution < 1.29 is 22.4 Å². The van der Waals surface area contributed by atoms with Crippen LogP contribution < -0.4 is 9.62 Å². The van der Waals surface area contributed by atoms with Crippen LogP contribution >= 0.6 is 11.6 Å². The third-order valence-corrected chi connectivity index (χ3v) is 9.39. The molecule has 41 heavy (non-hydrogen) atoms. The summed E-state index contributed by atoms with van der Waals surface area (Å²) < 4.78 is 43.5. The second kappa shape index (κ2) is 13.5. The van der Waals surface area contributed by atoms with E-state index in [-0.39, 0.29) is 29.1 Å². The zero-order valence-electron chi connectivity index (χ0n) is 23.2. The molecule has 0 bridgehead atoms. The summed E-state index contributed by atoms with van der Waals surface area (Å²) in [4.78, 5) is 28.8. The summed E-state index contributed by atoms with van der Waals surface area (Å²) in [6.07, 6.45) is 4.13. The number of halogens is 2. The van der Waals surface area contributed by atoms with E-state index in [0.717, 1.165) is 41.6 Å². The summed E-state index contributed by atoms with van der Waals surface area (Å²) in [5.41, 5.74) is 1.32. The van der Waals surface area contributed by atoms with Crippen LogP contribution in [0.4, 0.5) is 10.1 Å². The largest absolute Gasteiger partial charge is 0.352 e. The van der Waals surface area contributed by atoms with Gasteiger partial charge in [0.1, 0.15) is 18.4 Å². The molecule has 2 amide bonds. The summed E-state index contributed by atoms with van der Waals surface area (Å²) in [5.74, 6) is -1.71. The number of carbonyl (C=O) groups excluding carboxylic acids is 2. The van der Waals surface area contributed by atoms with Gasteiger partial charge in [-0.1, -0.05) is 73.3 Å². The molecule has 1 aliphatic rings. The highest BCUT2D eigenvalue weighted by molar-refractivity contribution is 7.92. The minimum atomic E-state index is -4.34. The molecule has 3 aromatic rings. The van der Waals surface area contributed by atoms with Crippen LogP contribution in [0.15, 0.2) is 77.7 Å². The van der Waals surface area contributed by atoms with Crippen LogP contribution in [0.2, 0.25) is 5.02 Å². The molecule has 0 saturated heterocycles. The molecule has 4 rings (SSSR count). The molecule has 0 heterocycles. The summed E-state index contributed by atoms with van der Waals surface area (Å²) in [7, 11) is -4.34. The SMILES string of the molecule is CC[C@H](C(=O)NC1CCCC1)N(Cc1ccc(Cl)cc1)C(=O)CN(c1ccccc1F)S(=O)(=O)c1ccc(C)cc1. The molecule has 0 aromatic heterocycles. The molecule has 218 valence electrons. The molecule has 1 atom stereocenters. The molecule has 0 spiro atoms. The lowest BCUT2D eigenvalue weighted by Gasteiger charge is -2.33. The number of hydrogen-bond acceptors (Lipinski definition) is 4. The van der Waals surface area contributed by atoms with Crippen molar-refractivity contribution in [3.05, 3.63) is 94.8 Å². The van der Waals surface area contributed by atoms with Crippen molar-refractivity contribution in [1.82, 2.24) is 10.2 Å². The van der Waals surface area contributed by atoms with Gasteiger partial charge in [-0.3, -0.25) is 13.9 Å². The second-order valence-corrected chi connectivity index (χ2v) is 12.6. The van der Waals surface area contributed by atoms with E-state index >= 15 is 4.39 Å². The fraction of sp³-hybridized carbons (Fsp3) is 0.355. The maximum Gasteiger partial charge on any atom is 0.264 e. The van der Waals surface area contributed by atoms with Crippen LogP contribution in [0.5, 0.6) is 0 Å². The fourth-order valence-electron chi connectivity index (χ4n) is 5.08. The van der Waals surface area contributed by atoms with E-state index in [4.69, 9.17) is 11.6 Å². The number of benzene rings is 3. The molecule has 3 aromatic carbocycles. The van der Waals surface area contributed by atoms with Gasteiger partial charge in [0.05, 0.1) is 10.6 Å². The number of para-hydroxylation sites is 1. The molecule has 1 aliphatic carbocycles. The molecule has 7 nitrogen and oxygen atoms in total. The Labute approximate surface area is 246 Å². The highest BCUT2D eigenvalue weighted by Gasteiger charge is 2.35. The molecule has 10 heteroatoms. The van der Waals surface area contributed by atoms with Crippen LogP contribution in [0.1, 0.15) is 50.2 Å². The van der Waals surface area contributed by atoms with Gasteiger partial charge >= 0.3 is 0 Å². The van der Waals surface area contributed by atoms with E-state index in [2.05, 4.69) is 5.32 Å². The number of anilines is 1. The first-order valence-electron chi connectivity index (χ1n) is 13.8. The first-order valence-corrected chi connectivity index (χ1v) is 15.6. The van der Waals surface area contributed by atoms with Crippen molar-refractivity contribution in [3.8, 4) is 0 Å². The lowest BCUT2D eigenvalue weighted by atomic mass is 10.1. The monoisotopic (exact) mass is 599 g/mol. The van der Waals surface area contributed by atoms with Gasteiger partial charge in [-0.05, 0) is 68.1 Å². The average Bonchev–Trinajstić information content (AvgIpc) is 3.46. The second-order valence-electron chi connectivity index (χ2n) is 10.3. The first kappa shape index (κ1) is 30.5. The first-order chi connectivity index (χ1) is 19.6. The molecule has 0 radical (unpaired) electrons. The number of sulfonamides is 1. The highest BCUT2D eigenvalue weighted by atomic mass is 35.5. The predicted molar refractivity (Wildman–Crippen MR) is 159 cm³/mol. The van der Waals surface area contributed by atoms with E-state index in [9.17, 15) is 18.0 Å². The van der Waals surface area contributed by atoms with Crippen LogP contribution in [0.3, 0.4) is 0 Å². The summed E-state index contributed by atoms with van der Waals surface area (Å²) in [5, 5.41) is 3.59. The number of carbonyl (C=O) groups is 2. The Bertz CT molecular complexity index is 1460. The van der Waals surface area contributed by atoms with E-state index in [1.165, 1.54) is 35.2 Å². The third-order valence-electron chi connectivity index (χ3n) is 7.36. The number of amides is 2. The van der Waals surface area contributed by atoms with Gasteiger partial charge in [0.25, 0.3) is 10.0 Å². The van der Waals surface area contributed by atoms with Gasteiger partial charge in [-0.2, -0.15) is 0 Å². The van der Waals surface area contributed by atoms with Gasteiger partial charge in [0.2, 0.25) is 11.8 Å². The molecule has 0 unspecified atom stereocenters. The van der Waals surface area contributed by atoms with Crippen LogP contribution in [0, 0.1) is 12.7 Å². The molecular formula is C31H35ClFN3O4S. The van der Waals surface area contributed by atoms with Gasteiger partial charge in [-0.25, -0.2) is 12.8 Å². The number of rotatable bonds is 11. The van der Waals surface area contributed by atoms with Crippen LogP contribution in [-0.4, -0.2) is 43.8 Å². The van der Waals surface area contributed by atoms with Crippen molar-refractivity contribution >= 4 is 39.1 Å². The van der Waals surface area contributed by atoms with Crippen molar-refractivity contribution in [2.45, 2.75) is 69.5 Å². The standard InChI is InChI=1S/C31H35ClFN3O4S/c1-3-28(31(38)34-25-8-4-5-9-25)35(20-23-14-16-24(32)17-15-23)30(37)21-36(29-11-7-6-10-27(29)33)41(39,40)26-18-12-22(2)13-19-26/h6-7,10-19,25,28H,3-5,8-9,20-21H2,1-2H3,(H,34,38)/t28-/m1/s1. The van der Waals surface area contributed by atoms with Gasteiger partial charge in [0, 0.05) is 17.6 Å². The summed E-state index contributed by atoms with van der Waals surface area (Å²) in [6.45, 7) is 2.98. The molecule has 1 N–H and O–H groups in total.